The fourth-order valence-corrected chi connectivity index (χ4v) is 3.63. The van der Waals surface area contributed by atoms with Crippen LogP contribution in [-0.4, -0.2) is 39.7 Å². The van der Waals surface area contributed by atoms with Crippen LogP contribution in [0.4, 0.5) is 0 Å². The molecule has 5 aromatic heterocycles. The van der Waals surface area contributed by atoms with Crippen molar-refractivity contribution in [2.45, 2.75) is 26.9 Å². The van der Waals surface area contributed by atoms with E-state index >= 15 is 0 Å². The van der Waals surface area contributed by atoms with Gasteiger partial charge in [0.05, 0.1) is 35.4 Å². The number of aryl methyl sites for hydroxylation is 2. The van der Waals surface area contributed by atoms with Gasteiger partial charge in [-0.25, -0.2) is 14.2 Å². The molecule has 1 N–H and O–H groups in total. The highest BCUT2D eigenvalue weighted by Gasteiger charge is 2.18. The molecule has 0 fully saturated rings. The monoisotopic (exact) mass is 452 g/mol. The van der Waals surface area contributed by atoms with Crippen LogP contribution in [-0.2, 0) is 0 Å². The molecular weight excluding hydrogens is 432 g/mol. The molecule has 0 aromatic carbocycles. The van der Waals surface area contributed by atoms with E-state index in [1.165, 1.54) is 0 Å². The number of fused-ring (bicyclic) bond motifs is 1. The second-order valence-electron chi connectivity index (χ2n) is 7.85. The predicted octanol–water partition coefficient (Wildman–Crippen LogP) is 3.71. The van der Waals surface area contributed by atoms with E-state index in [4.69, 9.17) is 9.72 Å². The Bertz CT molecular complexity index is 1540. The van der Waals surface area contributed by atoms with Gasteiger partial charge >= 0.3 is 0 Å². The van der Waals surface area contributed by atoms with Gasteiger partial charge in [-0.2, -0.15) is 20.6 Å². The summed E-state index contributed by atoms with van der Waals surface area (Å²) < 4.78 is 9.06. The van der Waals surface area contributed by atoms with Crippen LogP contribution in [0.25, 0.3) is 22.6 Å². The summed E-state index contributed by atoms with van der Waals surface area (Å²) in [5.74, 6) is 1.42. The van der Waals surface area contributed by atoms with Crippen molar-refractivity contribution in [1.29, 1.82) is 5.26 Å². The van der Waals surface area contributed by atoms with Crippen LogP contribution in [0.2, 0.25) is 0 Å². The Labute approximate surface area is 194 Å². The fourth-order valence-electron chi connectivity index (χ4n) is 3.63. The number of aromatic nitrogens is 7. The molecule has 0 aliphatic rings. The van der Waals surface area contributed by atoms with Crippen LogP contribution in [0.15, 0.2) is 54.9 Å². The molecule has 0 saturated heterocycles. The van der Waals surface area contributed by atoms with Gasteiger partial charge in [0, 0.05) is 22.9 Å². The average molecular weight is 452 g/mol. The molecule has 168 valence electrons. The highest BCUT2D eigenvalue weighted by atomic mass is 16.5. The lowest BCUT2D eigenvalue weighted by molar-refractivity contribution is 0.198. The van der Waals surface area contributed by atoms with Crippen molar-refractivity contribution in [2.24, 2.45) is 0 Å². The first-order valence-corrected chi connectivity index (χ1v) is 10.5. The topological polar surface area (TPSA) is 127 Å². The first kappa shape index (κ1) is 21.2. The number of nitrogens with zero attached hydrogens (tertiary/aromatic N) is 8. The standard InChI is InChI=1S/C24H20N8O2/c1-14-4-9-23(29-28-14)34-18-5-8-22-20(12-26-31(22)13-18)21-7-6-19(16(3)33)24(27-21)32-15(2)10-17(11-25)30-32/h4-10,12-13,16,33H,1-3H3. The Kier molecular flexibility index (Phi) is 5.24. The first-order chi connectivity index (χ1) is 16.4. The van der Waals surface area contributed by atoms with Gasteiger partial charge in [-0.05, 0) is 51.1 Å². The third-order valence-corrected chi connectivity index (χ3v) is 5.32. The van der Waals surface area contributed by atoms with E-state index < -0.39 is 6.10 Å². The van der Waals surface area contributed by atoms with Crippen molar-refractivity contribution in [3.8, 4) is 34.8 Å². The summed E-state index contributed by atoms with van der Waals surface area (Å²) in [5, 5.41) is 36.3. The number of hydrogen-bond acceptors (Lipinski definition) is 8. The summed E-state index contributed by atoms with van der Waals surface area (Å²) in [6.07, 6.45) is 2.71. The molecule has 0 saturated carbocycles. The molecule has 0 spiro atoms. The van der Waals surface area contributed by atoms with Gasteiger partial charge in [0.15, 0.2) is 11.5 Å². The average Bonchev–Trinajstić information content (AvgIpc) is 3.43. The minimum absolute atomic E-state index is 0.281. The van der Waals surface area contributed by atoms with Crippen LogP contribution in [0.5, 0.6) is 11.6 Å². The molecule has 34 heavy (non-hydrogen) atoms. The molecule has 0 radical (unpaired) electrons. The lowest BCUT2D eigenvalue weighted by Gasteiger charge is -2.14. The van der Waals surface area contributed by atoms with Crippen molar-refractivity contribution in [3.63, 3.8) is 0 Å². The van der Waals surface area contributed by atoms with Crippen LogP contribution < -0.4 is 4.74 Å². The summed E-state index contributed by atoms with van der Waals surface area (Å²) >= 11 is 0. The minimum Gasteiger partial charge on any atom is -0.436 e. The second-order valence-corrected chi connectivity index (χ2v) is 7.85. The van der Waals surface area contributed by atoms with E-state index in [1.54, 1.807) is 40.6 Å². The number of pyridine rings is 2. The van der Waals surface area contributed by atoms with E-state index in [9.17, 15) is 10.4 Å². The molecule has 0 bridgehead atoms. The SMILES string of the molecule is Cc1ccc(Oc2ccc3c(-c4ccc(C(C)O)c(-n5nc(C#N)cc5C)n4)cnn3c2)nn1. The number of nitriles is 1. The minimum atomic E-state index is -0.765. The maximum atomic E-state index is 10.3. The third kappa shape index (κ3) is 3.85. The molecule has 0 aliphatic carbocycles. The quantitative estimate of drug-likeness (QED) is 0.428. The Morgan fingerprint density at radius 2 is 1.94 bits per heavy atom. The molecule has 1 atom stereocenters. The molecule has 5 heterocycles. The van der Waals surface area contributed by atoms with E-state index in [0.29, 0.717) is 28.7 Å². The van der Waals surface area contributed by atoms with Gasteiger partial charge in [-0.3, -0.25) is 0 Å². The normalized spacial score (nSPS) is 12.0. The Balaban J connectivity index is 1.55. The van der Waals surface area contributed by atoms with E-state index in [-0.39, 0.29) is 5.69 Å². The molecule has 10 heteroatoms. The zero-order chi connectivity index (χ0) is 23.8. The molecule has 0 aliphatic heterocycles. The van der Waals surface area contributed by atoms with Gasteiger partial charge in [0.2, 0.25) is 5.88 Å². The maximum Gasteiger partial charge on any atom is 0.238 e. The zero-order valence-corrected chi connectivity index (χ0v) is 18.7. The number of ether oxygens (including phenoxy) is 1. The summed E-state index contributed by atoms with van der Waals surface area (Å²) in [7, 11) is 0. The number of aliphatic hydroxyl groups is 1. The Hall–Kier alpha value is -4.62. The molecule has 5 aromatic rings. The first-order valence-electron chi connectivity index (χ1n) is 10.5. The summed E-state index contributed by atoms with van der Waals surface area (Å²) in [6.45, 7) is 5.36. The largest absolute Gasteiger partial charge is 0.436 e. The smallest absolute Gasteiger partial charge is 0.238 e. The molecular formula is C24H20N8O2. The zero-order valence-electron chi connectivity index (χ0n) is 18.7. The lowest BCUT2D eigenvalue weighted by Crippen LogP contribution is -2.09. The maximum absolute atomic E-state index is 10.3. The highest BCUT2D eigenvalue weighted by molar-refractivity contribution is 5.78. The number of aliphatic hydroxyl groups excluding tert-OH is 1. The van der Waals surface area contributed by atoms with E-state index in [1.807, 2.05) is 50.2 Å². The number of hydrogen-bond donors (Lipinski definition) is 1. The van der Waals surface area contributed by atoms with Crippen LogP contribution in [0.3, 0.4) is 0 Å². The van der Waals surface area contributed by atoms with Crippen molar-refractivity contribution < 1.29 is 9.84 Å². The van der Waals surface area contributed by atoms with Crippen molar-refractivity contribution >= 4 is 5.52 Å². The summed E-state index contributed by atoms with van der Waals surface area (Å²) in [4.78, 5) is 4.79. The van der Waals surface area contributed by atoms with Gasteiger partial charge < -0.3 is 9.84 Å². The third-order valence-electron chi connectivity index (χ3n) is 5.32. The van der Waals surface area contributed by atoms with Crippen molar-refractivity contribution in [1.82, 2.24) is 34.6 Å². The van der Waals surface area contributed by atoms with Crippen LogP contribution in [0, 0.1) is 25.2 Å². The summed E-state index contributed by atoms with van der Waals surface area (Å²) in [5.41, 5.74) is 4.70. The van der Waals surface area contributed by atoms with Gasteiger partial charge in [0.25, 0.3) is 0 Å². The molecule has 10 nitrogen and oxygen atoms in total. The Morgan fingerprint density at radius 3 is 2.65 bits per heavy atom. The van der Waals surface area contributed by atoms with Crippen LogP contribution in [0.1, 0.15) is 35.7 Å². The van der Waals surface area contributed by atoms with Gasteiger partial charge in [-0.15, -0.1) is 5.10 Å². The predicted molar refractivity (Wildman–Crippen MR) is 122 cm³/mol. The molecule has 1 unspecified atom stereocenters. The lowest BCUT2D eigenvalue weighted by atomic mass is 10.1. The van der Waals surface area contributed by atoms with Gasteiger partial charge in [-0.1, -0.05) is 6.07 Å². The Morgan fingerprint density at radius 1 is 1.09 bits per heavy atom. The molecule has 0 amide bonds. The van der Waals surface area contributed by atoms with Gasteiger partial charge in [0.1, 0.15) is 11.8 Å². The van der Waals surface area contributed by atoms with Crippen molar-refractivity contribution in [2.75, 3.05) is 0 Å². The highest BCUT2D eigenvalue weighted by Crippen LogP contribution is 2.30. The van der Waals surface area contributed by atoms with E-state index in [2.05, 4.69) is 20.4 Å². The fraction of sp³-hybridized carbons (Fsp3) is 0.167. The number of rotatable bonds is 5. The van der Waals surface area contributed by atoms with Crippen molar-refractivity contribution in [3.05, 3.63) is 77.5 Å². The molecule has 5 rings (SSSR count). The second kappa shape index (κ2) is 8.38. The van der Waals surface area contributed by atoms with E-state index in [0.717, 1.165) is 22.5 Å². The van der Waals surface area contributed by atoms with Crippen LogP contribution >= 0.6 is 0 Å². The summed E-state index contributed by atoms with van der Waals surface area (Å²) in [6, 6.07) is 14.7.